The maximum Gasteiger partial charge on any atom is 0.254 e. The molecule has 0 radical (unpaired) electrons. The summed E-state index contributed by atoms with van der Waals surface area (Å²) < 4.78 is 41.1. The fraction of sp³-hybridized carbons (Fsp3) is 0.417. The SMILES string of the molecule is CCO[C@H](C(=O)NCc1ccc(C(=N)N)cc1)c1c(F)ccc(OC2CCCCC2)c1F.Cl. The molecule has 1 saturated carbocycles. The van der Waals surface area contributed by atoms with Crippen LogP contribution < -0.4 is 15.8 Å². The molecular weight excluding hydrogens is 452 g/mol. The van der Waals surface area contributed by atoms with Crippen LogP contribution in [0.4, 0.5) is 8.78 Å². The predicted octanol–water partition coefficient (Wildman–Crippen LogP) is 4.78. The number of benzene rings is 2. The topological polar surface area (TPSA) is 97.4 Å². The second-order valence-electron chi connectivity index (χ2n) is 7.81. The normalized spacial score (nSPS) is 14.8. The van der Waals surface area contributed by atoms with E-state index in [0.29, 0.717) is 5.56 Å². The molecular formula is C24H30ClF2N3O3. The van der Waals surface area contributed by atoms with Crippen molar-refractivity contribution in [1.29, 1.82) is 5.41 Å². The Bertz CT molecular complexity index is 951. The zero-order chi connectivity index (χ0) is 23.1. The molecule has 1 aliphatic carbocycles. The number of hydrogen-bond donors (Lipinski definition) is 3. The molecule has 6 nitrogen and oxygen atoms in total. The molecule has 1 amide bonds. The van der Waals surface area contributed by atoms with Crippen LogP contribution in [0.3, 0.4) is 0 Å². The van der Waals surface area contributed by atoms with Crippen LogP contribution in [-0.2, 0) is 16.1 Å². The summed E-state index contributed by atoms with van der Waals surface area (Å²) in [5.74, 6) is -2.55. The van der Waals surface area contributed by atoms with Gasteiger partial charge in [-0.1, -0.05) is 30.7 Å². The highest BCUT2D eigenvalue weighted by molar-refractivity contribution is 5.94. The number of hydrogen-bond acceptors (Lipinski definition) is 4. The molecule has 2 aromatic carbocycles. The first-order chi connectivity index (χ1) is 15.4. The Morgan fingerprint density at radius 2 is 1.82 bits per heavy atom. The summed E-state index contributed by atoms with van der Waals surface area (Å²) >= 11 is 0. The van der Waals surface area contributed by atoms with Crippen LogP contribution in [0.5, 0.6) is 5.75 Å². The molecule has 4 N–H and O–H groups in total. The van der Waals surface area contributed by atoms with Gasteiger partial charge in [0.2, 0.25) is 0 Å². The summed E-state index contributed by atoms with van der Waals surface area (Å²) in [6, 6.07) is 9.13. The standard InChI is InChI=1S/C24H29F2N3O3.ClH/c1-2-31-22(24(30)29-14-15-8-10-16(11-9-15)23(27)28)20-18(25)12-13-19(21(20)26)32-17-6-4-3-5-7-17;/h8-13,17,22H,2-7,14H2,1H3,(H3,27,28)(H,29,30);1H/t22-;/m0./s1. The van der Waals surface area contributed by atoms with Crippen molar-refractivity contribution in [3.63, 3.8) is 0 Å². The van der Waals surface area contributed by atoms with E-state index in [0.717, 1.165) is 43.7 Å². The molecule has 0 bridgehead atoms. The number of nitrogen functional groups attached to an aromatic ring is 1. The van der Waals surface area contributed by atoms with Crippen LogP contribution in [0, 0.1) is 17.0 Å². The first kappa shape index (κ1) is 26.5. The van der Waals surface area contributed by atoms with Gasteiger partial charge in [-0.05, 0) is 50.3 Å². The molecule has 1 aliphatic rings. The minimum absolute atomic E-state index is 0. The van der Waals surface area contributed by atoms with Crippen LogP contribution >= 0.6 is 12.4 Å². The van der Waals surface area contributed by atoms with E-state index in [1.165, 1.54) is 6.07 Å². The summed E-state index contributed by atoms with van der Waals surface area (Å²) in [7, 11) is 0. The molecule has 1 atom stereocenters. The molecule has 0 aromatic heterocycles. The van der Waals surface area contributed by atoms with E-state index in [4.69, 9.17) is 20.6 Å². The van der Waals surface area contributed by atoms with Crippen molar-refractivity contribution < 1.29 is 23.0 Å². The number of carbonyl (C=O) groups is 1. The highest BCUT2D eigenvalue weighted by Gasteiger charge is 2.30. The van der Waals surface area contributed by atoms with Gasteiger partial charge >= 0.3 is 0 Å². The maximum absolute atomic E-state index is 15.2. The van der Waals surface area contributed by atoms with Gasteiger partial charge in [0.15, 0.2) is 17.7 Å². The smallest absolute Gasteiger partial charge is 0.254 e. The number of nitrogens with one attached hydrogen (secondary N) is 2. The number of rotatable bonds is 9. The first-order valence-corrected chi connectivity index (χ1v) is 10.9. The number of nitrogens with two attached hydrogens (primary N) is 1. The highest BCUT2D eigenvalue weighted by atomic mass is 35.5. The van der Waals surface area contributed by atoms with Crippen LogP contribution in [0.2, 0.25) is 0 Å². The van der Waals surface area contributed by atoms with Crippen LogP contribution in [-0.4, -0.2) is 24.5 Å². The fourth-order valence-electron chi connectivity index (χ4n) is 3.78. The van der Waals surface area contributed by atoms with Crippen LogP contribution in [0.25, 0.3) is 0 Å². The molecule has 3 rings (SSSR count). The third-order valence-corrected chi connectivity index (χ3v) is 5.50. The Morgan fingerprint density at radius 3 is 2.42 bits per heavy atom. The minimum atomic E-state index is -1.45. The fourth-order valence-corrected chi connectivity index (χ4v) is 3.78. The maximum atomic E-state index is 15.2. The van der Waals surface area contributed by atoms with Crippen molar-refractivity contribution in [2.24, 2.45) is 5.73 Å². The molecule has 180 valence electrons. The molecule has 33 heavy (non-hydrogen) atoms. The third kappa shape index (κ3) is 6.88. The molecule has 0 saturated heterocycles. The van der Waals surface area contributed by atoms with E-state index >= 15 is 4.39 Å². The van der Waals surface area contributed by atoms with Gasteiger partial charge in [-0.3, -0.25) is 10.2 Å². The number of ether oxygens (including phenoxy) is 2. The van der Waals surface area contributed by atoms with Gasteiger partial charge in [0.1, 0.15) is 11.7 Å². The van der Waals surface area contributed by atoms with E-state index < -0.39 is 29.2 Å². The second-order valence-corrected chi connectivity index (χ2v) is 7.81. The van der Waals surface area contributed by atoms with Crippen molar-refractivity contribution in [3.8, 4) is 5.75 Å². The second kappa shape index (κ2) is 12.5. The summed E-state index contributed by atoms with van der Waals surface area (Å²) in [5, 5.41) is 10.1. The lowest BCUT2D eigenvalue weighted by atomic mass is 9.97. The zero-order valence-electron chi connectivity index (χ0n) is 18.5. The summed E-state index contributed by atoms with van der Waals surface area (Å²) in [5.41, 5.74) is 6.29. The Hall–Kier alpha value is -2.71. The van der Waals surface area contributed by atoms with Gasteiger partial charge in [-0.2, -0.15) is 0 Å². The first-order valence-electron chi connectivity index (χ1n) is 10.9. The van der Waals surface area contributed by atoms with E-state index in [1.54, 1.807) is 31.2 Å². The Kier molecular flexibility index (Phi) is 10.1. The van der Waals surface area contributed by atoms with Crippen molar-refractivity contribution >= 4 is 24.1 Å². The average molecular weight is 482 g/mol. The molecule has 2 aromatic rings. The molecule has 0 spiro atoms. The van der Waals surface area contributed by atoms with Crippen LogP contribution in [0.1, 0.15) is 61.8 Å². The van der Waals surface area contributed by atoms with Gasteiger partial charge in [0, 0.05) is 18.7 Å². The number of halogens is 3. The van der Waals surface area contributed by atoms with Crippen LogP contribution in [0.15, 0.2) is 36.4 Å². The van der Waals surface area contributed by atoms with Gasteiger partial charge in [-0.15, -0.1) is 12.4 Å². The highest BCUT2D eigenvalue weighted by Crippen LogP contribution is 2.32. The predicted molar refractivity (Wildman–Crippen MR) is 125 cm³/mol. The number of carbonyl (C=O) groups excluding carboxylic acids is 1. The van der Waals surface area contributed by atoms with Crippen molar-refractivity contribution in [1.82, 2.24) is 5.32 Å². The Balaban J connectivity index is 0.00000385. The molecule has 9 heteroatoms. The molecule has 0 unspecified atom stereocenters. The molecule has 0 heterocycles. The van der Waals surface area contributed by atoms with Gasteiger partial charge in [-0.25, -0.2) is 8.78 Å². The number of amides is 1. The molecule has 1 fully saturated rings. The van der Waals surface area contributed by atoms with E-state index in [-0.39, 0.29) is 43.2 Å². The van der Waals surface area contributed by atoms with Gasteiger partial charge < -0.3 is 20.5 Å². The van der Waals surface area contributed by atoms with Crippen molar-refractivity contribution in [3.05, 3.63) is 64.7 Å². The van der Waals surface area contributed by atoms with E-state index in [1.807, 2.05) is 0 Å². The largest absolute Gasteiger partial charge is 0.487 e. The summed E-state index contributed by atoms with van der Waals surface area (Å²) in [4.78, 5) is 12.8. The van der Waals surface area contributed by atoms with E-state index in [9.17, 15) is 9.18 Å². The van der Waals surface area contributed by atoms with Crippen molar-refractivity contribution in [2.75, 3.05) is 6.61 Å². The lowest BCUT2D eigenvalue weighted by molar-refractivity contribution is -0.133. The van der Waals surface area contributed by atoms with E-state index in [2.05, 4.69) is 5.32 Å². The summed E-state index contributed by atoms with van der Waals surface area (Å²) in [6.45, 7) is 1.87. The monoisotopic (exact) mass is 481 g/mol. The van der Waals surface area contributed by atoms with Crippen molar-refractivity contribution in [2.45, 2.75) is 57.8 Å². The number of amidine groups is 1. The lowest BCUT2D eigenvalue weighted by Gasteiger charge is -2.25. The van der Waals surface area contributed by atoms with Gasteiger partial charge in [0.25, 0.3) is 5.91 Å². The average Bonchev–Trinajstić information content (AvgIpc) is 2.80. The Morgan fingerprint density at radius 1 is 1.15 bits per heavy atom. The van der Waals surface area contributed by atoms with Gasteiger partial charge in [0.05, 0.1) is 11.7 Å². The Labute approximate surface area is 198 Å². The molecule has 0 aliphatic heterocycles. The minimum Gasteiger partial charge on any atom is -0.487 e. The summed E-state index contributed by atoms with van der Waals surface area (Å²) in [6.07, 6.45) is 3.23. The third-order valence-electron chi connectivity index (χ3n) is 5.50. The lowest BCUT2D eigenvalue weighted by Crippen LogP contribution is -2.32. The quantitative estimate of drug-likeness (QED) is 0.355. The zero-order valence-corrected chi connectivity index (χ0v) is 19.4.